The van der Waals surface area contributed by atoms with Crippen molar-refractivity contribution < 1.29 is 4.79 Å². The van der Waals surface area contributed by atoms with Gasteiger partial charge in [-0.2, -0.15) is 0 Å². The van der Waals surface area contributed by atoms with Crippen LogP contribution in [-0.2, 0) is 4.79 Å². The van der Waals surface area contributed by atoms with E-state index >= 15 is 0 Å². The van der Waals surface area contributed by atoms with Gasteiger partial charge in [0.05, 0.1) is 12.0 Å². The molecular weight excluding hydrogens is 292 g/mol. The summed E-state index contributed by atoms with van der Waals surface area (Å²) in [6, 6.07) is 7.90. The van der Waals surface area contributed by atoms with Crippen LogP contribution in [0, 0.1) is 5.92 Å². The van der Waals surface area contributed by atoms with Crippen LogP contribution in [0.15, 0.2) is 40.9 Å². The number of rotatable bonds is 3. The van der Waals surface area contributed by atoms with E-state index in [4.69, 9.17) is 5.73 Å². The highest BCUT2D eigenvalue weighted by Gasteiger charge is 2.24. The molecule has 0 aliphatic heterocycles. The molecule has 1 aliphatic carbocycles. The highest BCUT2D eigenvalue weighted by Crippen LogP contribution is 2.24. The largest absolute Gasteiger partial charge is 0.349 e. The van der Waals surface area contributed by atoms with Gasteiger partial charge in [0.15, 0.2) is 0 Å². The molecule has 0 radical (unpaired) electrons. The maximum Gasteiger partial charge on any atom is 0.227 e. The van der Waals surface area contributed by atoms with Crippen molar-refractivity contribution in [1.29, 1.82) is 0 Å². The molecule has 0 spiro atoms. The molecule has 0 heterocycles. The second-order valence-electron chi connectivity index (χ2n) is 4.64. The van der Waals surface area contributed by atoms with Gasteiger partial charge in [0.25, 0.3) is 0 Å². The maximum absolute atomic E-state index is 12.1. The lowest BCUT2D eigenvalue weighted by Gasteiger charge is -2.18. The van der Waals surface area contributed by atoms with Crippen molar-refractivity contribution in [3.05, 3.63) is 46.5 Å². The average molecular weight is 309 g/mol. The monoisotopic (exact) mass is 308 g/mol. The molecule has 0 bridgehead atoms. The lowest BCUT2D eigenvalue weighted by atomic mass is 10.0. The second-order valence-corrected chi connectivity index (χ2v) is 5.50. The number of hydrogen-bond donors (Lipinski definition) is 2. The first-order valence-electron chi connectivity index (χ1n) is 6.06. The molecule has 0 aromatic heterocycles. The fourth-order valence-corrected chi connectivity index (χ4v) is 2.77. The van der Waals surface area contributed by atoms with Crippen LogP contribution < -0.4 is 11.1 Å². The SMILES string of the molecule is C[C@@H](NC(=O)C1C=CC(N)C1)c1ccccc1Br. The smallest absolute Gasteiger partial charge is 0.227 e. The third-order valence-corrected chi connectivity index (χ3v) is 3.91. The Labute approximate surface area is 116 Å². The van der Waals surface area contributed by atoms with Crippen molar-refractivity contribution in [2.75, 3.05) is 0 Å². The highest BCUT2D eigenvalue weighted by molar-refractivity contribution is 9.10. The van der Waals surface area contributed by atoms with Crippen LogP contribution in [0.2, 0.25) is 0 Å². The van der Waals surface area contributed by atoms with Gasteiger partial charge in [-0.15, -0.1) is 0 Å². The predicted molar refractivity (Wildman–Crippen MR) is 75.9 cm³/mol. The van der Waals surface area contributed by atoms with Gasteiger partial charge in [-0.3, -0.25) is 4.79 Å². The van der Waals surface area contributed by atoms with E-state index in [-0.39, 0.29) is 23.9 Å². The molecule has 1 aromatic carbocycles. The number of carbonyl (C=O) groups is 1. The summed E-state index contributed by atoms with van der Waals surface area (Å²) in [7, 11) is 0. The first kappa shape index (κ1) is 13.3. The zero-order chi connectivity index (χ0) is 13.1. The Morgan fingerprint density at radius 3 is 2.78 bits per heavy atom. The zero-order valence-corrected chi connectivity index (χ0v) is 11.9. The summed E-state index contributed by atoms with van der Waals surface area (Å²) in [6.07, 6.45) is 4.49. The molecule has 2 rings (SSSR count). The molecule has 1 aliphatic rings. The average Bonchev–Trinajstić information content (AvgIpc) is 2.76. The van der Waals surface area contributed by atoms with E-state index in [0.717, 1.165) is 10.0 Å². The number of halogens is 1. The Morgan fingerprint density at radius 1 is 1.44 bits per heavy atom. The molecule has 4 heteroatoms. The summed E-state index contributed by atoms with van der Waals surface area (Å²) in [4.78, 5) is 12.1. The van der Waals surface area contributed by atoms with Crippen LogP contribution in [0.1, 0.15) is 24.9 Å². The minimum absolute atomic E-state index is 0.0134. The number of nitrogens with two attached hydrogens (primary N) is 1. The van der Waals surface area contributed by atoms with Crippen LogP contribution in [0.25, 0.3) is 0 Å². The third kappa shape index (κ3) is 3.00. The molecule has 0 fully saturated rings. The Morgan fingerprint density at radius 2 is 2.17 bits per heavy atom. The van der Waals surface area contributed by atoms with Gasteiger partial charge in [0.2, 0.25) is 5.91 Å². The lowest BCUT2D eigenvalue weighted by molar-refractivity contribution is -0.124. The Kier molecular flexibility index (Phi) is 4.19. The molecule has 2 unspecified atom stereocenters. The number of carbonyl (C=O) groups excluding carboxylic acids is 1. The standard InChI is InChI=1S/C14H17BrN2O/c1-9(12-4-2-3-5-13(12)15)17-14(18)10-6-7-11(16)8-10/h2-7,9-11H,8,16H2,1H3,(H,17,18)/t9-,10?,11?/m1/s1. The second kappa shape index (κ2) is 5.67. The van der Waals surface area contributed by atoms with E-state index in [9.17, 15) is 4.79 Å². The first-order valence-corrected chi connectivity index (χ1v) is 6.86. The molecule has 3 N–H and O–H groups in total. The van der Waals surface area contributed by atoms with E-state index < -0.39 is 0 Å². The van der Waals surface area contributed by atoms with Gasteiger partial charge in [0.1, 0.15) is 0 Å². The summed E-state index contributed by atoms with van der Waals surface area (Å²) < 4.78 is 1.01. The van der Waals surface area contributed by atoms with Crippen LogP contribution in [0.4, 0.5) is 0 Å². The zero-order valence-electron chi connectivity index (χ0n) is 10.3. The molecule has 3 atom stereocenters. The van der Waals surface area contributed by atoms with Crippen molar-refractivity contribution in [2.45, 2.75) is 25.4 Å². The van der Waals surface area contributed by atoms with E-state index in [2.05, 4.69) is 21.2 Å². The minimum Gasteiger partial charge on any atom is -0.349 e. The first-order chi connectivity index (χ1) is 8.58. The van der Waals surface area contributed by atoms with Crippen molar-refractivity contribution in [2.24, 2.45) is 11.7 Å². The van der Waals surface area contributed by atoms with Crippen LogP contribution in [-0.4, -0.2) is 11.9 Å². The normalized spacial score (nSPS) is 23.9. The van der Waals surface area contributed by atoms with Crippen LogP contribution >= 0.6 is 15.9 Å². The molecule has 0 saturated heterocycles. The highest BCUT2D eigenvalue weighted by atomic mass is 79.9. The quantitative estimate of drug-likeness (QED) is 0.843. The summed E-state index contributed by atoms with van der Waals surface area (Å²) in [5.74, 6) is -0.0487. The fourth-order valence-electron chi connectivity index (χ4n) is 2.15. The van der Waals surface area contributed by atoms with Crippen molar-refractivity contribution in [1.82, 2.24) is 5.32 Å². The van der Waals surface area contributed by atoms with Gasteiger partial charge < -0.3 is 11.1 Å². The number of benzene rings is 1. The summed E-state index contributed by atoms with van der Waals surface area (Å²) in [6.45, 7) is 1.98. The molecule has 3 nitrogen and oxygen atoms in total. The van der Waals surface area contributed by atoms with Crippen molar-refractivity contribution in [3.63, 3.8) is 0 Å². The topological polar surface area (TPSA) is 55.1 Å². The predicted octanol–water partition coefficient (Wildman–Crippen LogP) is 2.53. The number of nitrogens with one attached hydrogen (secondary N) is 1. The fraction of sp³-hybridized carbons (Fsp3) is 0.357. The summed E-state index contributed by atoms with van der Waals surface area (Å²) in [5.41, 5.74) is 6.84. The Balaban J connectivity index is 2.00. The number of hydrogen-bond acceptors (Lipinski definition) is 2. The summed E-state index contributed by atoms with van der Waals surface area (Å²) in [5, 5.41) is 3.02. The minimum atomic E-state index is -0.0927. The number of amides is 1. The van der Waals surface area contributed by atoms with Gasteiger partial charge >= 0.3 is 0 Å². The van der Waals surface area contributed by atoms with E-state index in [1.807, 2.05) is 43.3 Å². The lowest BCUT2D eigenvalue weighted by Crippen LogP contribution is -2.32. The van der Waals surface area contributed by atoms with Gasteiger partial charge in [-0.1, -0.05) is 46.3 Å². The Bertz CT molecular complexity index is 473. The molecule has 1 aromatic rings. The van der Waals surface area contributed by atoms with Gasteiger partial charge in [0, 0.05) is 10.5 Å². The van der Waals surface area contributed by atoms with E-state index in [1.54, 1.807) is 0 Å². The van der Waals surface area contributed by atoms with Crippen LogP contribution in [0.3, 0.4) is 0 Å². The molecule has 96 valence electrons. The van der Waals surface area contributed by atoms with E-state index in [0.29, 0.717) is 6.42 Å². The van der Waals surface area contributed by atoms with Crippen molar-refractivity contribution >= 4 is 21.8 Å². The van der Waals surface area contributed by atoms with E-state index in [1.165, 1.54) is 0 Å². The van der Waals surface area contributed by atoms with Gasteiger partial charge in [-0.05, 0) is 25.0 Å². The van der Waals surface area contributed by atoms with Gasteiger partial charge in [-0.25, -0.2) is 0 Å². The summed E-state index contributed by atoms with van der Waals surface area (Å²) >= 11 is 3.49. The Hall–Kier alpha value is -1.13. The molecular formula is C14H17BrN2O. The molecule has 0 saturated carbocycles. The third-order valence-electron chi connectivity index (χ3n) is 3.18. The molecule has 1 amide bonds. The van der Waals surface area contributed by atoms with Crippen molar-refractivity contribution in [3.8, 4) is 0 Å². The van der Waals surface area contributed by atoms with Crippen LogP contribution in [0.5, 0.6) is 0 Å². The maximum atomic E-state index is 12.1. The molecule has 18 heavy (non-hydrogen) atoms.